The molecule has 4 aromatic rings. The van der Waals surface area contributed by atoms with Gasteiger partial charge in [0.2, 0.25) is 5.91 Å². The molecule has 0 aliphatic heterocycles. The Morgan fingerprint density at radius 2 is 1.02 bits per heavy atom. The Bertz CT molecular complexity index is 2510. The van der Waals surface area contributed by atoms with Crippen LogP contribution in [-0.2, 0) is 27.2 Å². The zero-order valence-corrected chi connectivity index (χ0v) is 36.4. The number of hydrogen-bond acceptors (Lipinski definition) is 18. The van der Waals surface area contributed by atoms with Gasteiger partial charge in [-0.25, -0.2) is 0 Å². The number of hydrogen-bond donors (Lipinski definition) is 6. The van der Waals surface area contributed by atoms with E-state index in [4.69, 9.17) is 24.7 Å². The molecule has 23 heteroatoms. The zero-order chi connectivity index (χ0) is 48.2. The van der Waals surface area contributed by atoms with Crippen LogP contribution in [0, 0.1) is 20.2 Å². The summed E-state index contributed by atoms with van der Waals surface area (Å²) in [4.78, 5) is 57.3. The fraction of sp³-hybridized carbons (Fsp3) is 0.262. The van der Waals surface area contributed by atoms with Crippen LogP contribution in [0.5, 0.6) is 23.0 Å². The fourth-order valence-corrected chi connectivity index (χ4v) is 5.43. The lowest BCUT2D eigenvalue weighted by molar-refractivity contribution is -0.385. The molecule has 4 rings (SSSR count). The second kappa shape index (κ2) is 24.8. The second-order valence-electron chi connectivity index (χ2n) is 13.2. The number of nitro benzene ring substituents is 2. The van der Waals surface area contributed by atoms with Gasteiger partial charge in [-0.2, -0.15) is 0 Å². The number of anilines is 2. The van der Waals surface area contributed by atoms with Crippen LogP contribution in [0.1, 0.15) is 31.9 Å². The number of rotatable bonds is 19. The van der Waals surface area contributed by atoms with E-state index in [1.165, 1.54) is 85.6 Å². The van der Waals surface area contributed by atoms with Gasteiger partial charge in [-0.15, -0.1) is 20.5 Å². The van der Waals surface area contributed by atoms with Crippen molar-refractivity contribution in [2.45, 2.75) is 33.6 Å². The molecular weight excluding hydrogens is 853 g/mol. The van der Waals surface area contributed by atoms with Crippen molar-refractivity contribution in [3.05, 3.63) is 127 Å². The van der Waals surface area contributed by atoms with E-state index in [0.717, 1.165) is 11.1 Å². The normalized spacial score (nSPS) is 11.6. The highest BCUT2D eigenvalue weighted by molar-refractivity contribution is 6.05. The molecule has 344 valence electrons. The smallest absolute Gasteiger partial charge is 0.279 e. The number of azo groups is 2. The molecule has 0 spiro atoms. The van der Waals surface area contributed by atoms with E-state index in [2.05, 4.69) is 36.4 Å². The first-order valence-electron chi connectivity index (χ1n) is 19.2. The van der Waals surface area contributed by atoms with Gasteiger partial charge >= 0.3 is 0 Å². The summed E-state index contributed by atoms with van der Waals surface area (Å²) in [6.45, 7) is 4.82. The van der Waals surface area contributed by atoms with E-state index in [9.17, 15) is 44.8 Å². The number of nitrogens with two attached hydrogens (primary N) is 1. The lowest BCUT2D eigenvalue weighted by Gasteiger charge is -2.12. The molecule has 0 atom stereocenters. The molecule has 0 radical (unpaired) electrons. The third kappa shape index (κ3) is 15.1. The number of nitrogens with one attached hydrogen (secondary N) is 3. The van der Waals surface area contributed by atoms with Crippen LogP contribution in [0.2, 0.25) is 0 Å². The molecule has 0 bridgehead atoms. The highest BCUT2D eigenvalue weighted by Crippen LogP contribution is 2.34. The molecule has 7 N–H and O–H groups in total. The molecule has 0 unspecified atom stereocenters. The predicted molar refractivity (Wildman–Crippen MR) is 237 cm³/mol. The molecule has 0 heterocycles. The number of methoxy groups -OCH3 is 4. The van der Waals surface area contributed by atoms with Crippen molar-refractivity contribution in [1.29, 1.82) is 0 Å². The van der Waals surface area contributed by atoms with Gasteiger partial charge in [-0.1, -0.05) is 12.1 Å². The van der Waals surface area contributed by atoms with Crippen molar-refractivity contribution < 1.29 is 53.4 Å². The van der Waals surface area contributed by atoms with Gasteiger partial charge in [0.1, 0.15) is 34.4 Å². The van der Waals surface area contributed by atoms with Crippen LogP contribution in [0.25, 0.3) is 0 Å². The Morgan fingerprint density at radius 1 is 0.615 bits per heavy atom. The van der Waals surface area contributed by atoms with Crippen LogP contribution >= 0.6 is 0 Å². The SMILES string of the molecule is COc1cc([N+](=O)[O-])ccc1N=NC(C(=O)Nc1cc(CCN)ccc1OC)=C(C)O.COc1cc([N+](=O)[O-])ccc1N=NC(C(=O)Nc1cc(CCNC(C)=O)ccc1OC)=C(C)O. The summed E-state index contributed by atoms with van der Waals surface area (Å²) in [6.07, 6.45) is 1.13. The number of aliphatic hydroxyl groups excluding tert-OH is 2. The van der Waals surface area contributed by atoms with Gasteiger partial charge in [-0.3, -0.25) is 34.6 Å². The molecule has 0 saturated heterocycles. The third-order valence-electron chi connectivity index (χ3n) is 8.62. The van der Waals surface area contributed by atoms with Gasteiger partial charge in [0, 0.05) is 25.6 Å². The van der Waals surface area contributed by atoms with E-state index in [-0.39, 0.29) is 57.3 Å². The Hall–Kier alpha value is -8.47. The van der Waals surface area contributed by atoms with Crippen LogP contribution in [0.15, 0.2) is 116 Å². The number of aliphatic hydroxyl groups is 2. The van der Waals surface area contributed by atoms with Crippen molar-refractivity contribution in [2.24, 2.45) is 26.2 Å². The van der Waals surface area contributed by atoms with Gasteiger partial charge < -0.3 is 50.8 Å². The fourth-order valence-electron chi connectivity index (χ4n) is 5.43. The first-order chi connectivity index (χ1) is 31.0. The number of non-ortho nitro benzene ring substituents is 2. The van der Waals surface area contributed by atoms with E-state index in [0.29, 0.717) is 48.8 Å². The maximum atomic E-state index is 12.8. The highest BCUT2D eigenvalue weighted by atomic mass is 16.6. The number of benzene rings is 4. The minimum absolute atomic E-state index is 0.0711. The van der Waals surface area contributed by atoms with Gasteiger partial charge in [0.25, 0.3) is 23.2 Å². The second-order valence-corrected chi connectivity index (χ2v) is 13.2. The summed E-state index contributed by atoms with van der Waals surface area (Å²) < 4.78 is 20.7. The largest absolute Gasteiger partial charge is 0.510 e. The molecule has 23 nitrogen and oxygen atoms in total. The quantitative estimate of drug-likeness (QED) is 0.0175. The van der Waals surface area contributed by atoms with Crippen molar-refractivity contribution in [2.75, 3.05) is 52.2 Å². The topological polar surface area (TPSA) is 326 Å². The van der Waals surface area contributed by atoms with Crippen molar-refractivity contribution >= 4 is 51.8 Å². The molecule has 0 aliphatic carbocycles. The Kier molecular flexibility index (Phi) is 19.4. The molecule has 65 heavy (non-hydrogen) atoms. The molecule has 0 aliphatic rings. The van der Waals surface area contributed by atoms with Crippen LogP contribution in [0.3, 0.4) is 0 Å². The molecular formula is C42H48N10O13. The summed E-state index contributed by atoms with van der Waals surface area (Å²) in [5, 5.41) is 65.2. The summed E-state index contributed by atoms with van der Waals surface area (Å²) >= 11 is 0. The number of nitro groups is 2. The molecule has 3 amide bonds. The molecule has 0 saturated carbocycles. The standard InChI is InChI=1S/C22H25N5O7.C20H23N5O6/c1-13(28)21(26-25-17-7-6-16(27(31)32)12-20(17)34-4)22(30)24-18-11-15(5-8-19(18)33-3)9-10-23-14(2)29;1-12(26)19(24-23-15-6-5-14(25(28)29)11-18(15)31-3)20(27)22-16-10-13(8-9-21)4-7-17(16)30-2/h5-8,11-12,28H,9-10H2,1-4H3,(H,23,29)(H,24,30);4-7,10-11,26H,8-9,21H2,1-3H3,(H,22,27). The maximum absolute atomic E-state index is 12.8. The minimum Gasteiger partial charge on any atom is -0.510 e. The summed E-state index contributed by atoms with van der Waals surface area (Å²) in [7, 11) is 5.53. The number of amides is 3. The van der Waals surface area contributed by atoms with E-state index < -0.39 is 27.4 Å². The van der Waals surface area contributed by atoms with Crippen LogP contribution in [-0.4, -0.2) is 79.3 Å². The Morgan fingerprint density at radius 3 is 1.35 bits per heavy atom. The number of nitrogens with zero attached hydrogens (tertiary/aromatic N) is 6. The van der Waals surface area contributed by atoms with Crippen LogP contribution in [0.4, 0.5) is 34.1 Å². The number of carbonyl (C=O) groups is 3. The number of allylic oxidation sites excluding steroid dienone is 2. The lowest BCUT2D eigenvalue weighted by atomic mass is 10.1. The highest BCUT2D eigenvalue weighted by Gasteiger charge is 2.19. The van der Waals surface area contributed by atoms with Crippen molar-refractivity contribution in [1.82, 2.24) is 5.32 Å². The van der Waals surface area contributed by atoms with Gasteiger partial charge in [-0.05, 0) is 80.8 Å². The average Bonchev–Trinajstić information content (AvgIpc) is 3.26. The summed E-state index contributed by atoms with van der Waals surface area (Å²) in [5.41, 5.74) is 7.14. The first kappa shape index (κ1) is 50.9. The molecule has 4 aromatic carbocycles. The lowest BCUT2D eigenvalue weighted by Crippen LogP contribution is -2.22. The van der Waals surface area contributed by atoms with E-state index in [1.54, 1.807) is 30.3 Å². The van der Waals surface area contributed by atoms with Crippen molar-refractivity contribution in [3.63, 3.8) is 0 Å². The number of carbonyl (C=O) groups excluding carboxylic acids is 3. The molecule has 0 aromatic heterocycles. The monoisotopic (exact) mass is 900 g/mol. The molecule has 0 fully saturated rings. The third-order valence-corrected chi connectivity index (χ3v) is 8.62. The summed E-state index contributed by atoms with van der Waals surface area (Å²) in [6, 6.07) is 17.8. The zero-order valence-electron chi connectivity index (χ0n) is 36.4. The average molecular weight is 901 g/mol. The van der Waals surface area contributed by atoms with Gasteiger partial charge in [0.15, 0.2) is 22.9 Å². The Balaban J connectivity index is 0.000000347. The van der Waals surface area contributed by atoms with E-state index in [1.807, 2.05) is 6.07 Å². The maximum Gasteiger partial charge on any atom is 0.279 e. The van der Waals surface area contributed by atoms with E-state index >= 15 is 0 Å². The summed E-state index contributed by atoms with van der Waals surface area (Å²) in [5.74, 6) is -1.47. The van der Waals surface area contributed by atoms with Gasteiger partial charge in [0.05, 0.1) is 61.8 Å². The van der Waals surface area contributed by atoms with Crippen LogP contribution < -0.4 is 40.6 Å². The minimum atomic E-state index is -0.762. The number of ether oxygens (including phenoxy) is 4. The predicted octanol–water partition coefficient (Wildman–Crippen LogP) is 7.43. The van der Waals surface area contributed by atoms with Crippen molar-refractivity contribution in [3.8, 4) is 23.0 Å². The first-order valence-corrected chi connectivity index (χ1v) is 19.2. The Labute approximate surface area is 372 Å².